The van der Waals surface area contributed by atoms with Gasteiger partial charge < -0.3 is 14.6 Å². The lowest BCUT2D eigenvalue weighted by Gasteiger charge is -2.12. The molecule has 0 bridgehead atoms. The van der Waals surface area contributed by atoms with Crippen LogP contribution in [-0.2, 0) is 4.79 Å². The third-order valence-corrected chi connectivity index (χ3v) is 5.68. The molecule has 0 saturated heterocycles. The molecule has 0 saturated carbocycles. The Hall–Kier alpha value is -3.18. The lowest BCUT2D eigenvalue weighted by atomic mass is 9.98. The minimum Gasteiger partial charge on any atom is -0.494 e. The Morgan fingerprint density at radius 1 is 0.935 bits per heavy atom. The highest BCUT2D eigenvalue weighted by Crippen LogP contribution is 2.30. The molecular weight excluding hydrogens is 408 g/mol. The first-order valence-corrected chi connectivity index (χ1v) is 11.1. The maximum Gasteiger partial charge on any atom is 0.341 e. The number of hydrogen-bond donors (Lipinski definition) is 1. The van der Waals surface area contributed by atoms with Crippen molar-refractivity contribution in [3.63, 3.8) is 0 Å². The van der Waals surface area contributed by atoms with Gasteiger partial charge in [0.2, 0.25) is 0 Å². The standard InChI is InChI=1S/C26H26O4S/c1-3-29-22-11-7-10-21(17-22)24(20-8-5-4-6-9-20)14-15-31-25-13-12-23(16-19(25)2)30-18-26(27)28/h4-14,16-17H,3,15,18H2,1-2H3,(H,27,28). The molecule has 0 aliphatic carbocycles. The third kappa shape index (κ3) is 6.66. The van der Waals surface area contributed by atoms with E-state index < -0.39 is 5.97 Å². The van der Waals surface area contributed by atoms with E-state index >= 15 is 0 Å². The van der Waals surface area contributed by atoms with Gasteiger partial charge in [-0.2, -0.15) is 0 Å². The van der Waals surface area contributed by atoms with Crippen LogP contribution in [-0.4, -0.2) is 30.0 Å². The van der Waals surface area contributed by atoms with Crippen LogP contribution in [0.5, 0.6) is 11.5 Å². The van der Waals surface area contributed by atoms with Crippen LogP contribution < -0.4 is 9.47 Å². The molecule has 3 rings (SSSR count). The summed E-state index contributed by atoms with van der Waals surface area (Å²) in [6, 6.07) is 24.2. The monoisotopic (exact) mass is 434 g/mol. The Bertz CT molecular complexity index is 1040. The summed E-state index contributed by atoms with van der Waals surface area (Å²) in [6.45, 7) is 4.28. The van der Waals surface area contributed by atoms with Crippen molar-refractivity contribution in [2.45, 2.75) is 18.7 Å². The molecule has 4 nitrogen and oxygen atoms in total. The number of rotatable bonds is 10. The lowest BCUT2D eigenvalue weighted by Crippen LogP contribution is -2.09. The molecule has 0 spiro atoms. The number of thioether (sulfide) groups is 1. The van der Waals surface area contributed by atoms with E-state index in [0.29, 0.717) is 12.4 Å². The molecule has 31 heavy (non-hydrogen) atoms. The fourth-order valence-corrected chi connectivity index (χ4v) is 4.05. The van der Waals surface area contributed by atoms with Gasteiger partial charge in [-0.05, 0) is 66.4 Å². The largest absolute Gasteiger partial charge is 0.494 e. The van der Waals surface area contributed by atoms with E-state index in [1.54, 1.807) is 11.8 Å². The number of carbonyl (C=O) groups is 1. The predicted octanol–water partition coefficient (Wildman–Crippen LogP) is 6.08. The van der Waals surface area contributed by atoms with Gasteiger partial charge in [-0.1, -0.05) is 48.5 Å². The highest BCUT2D eigenvalue weighted by molar-refractivity contribution is 7.99. The zero-order valence-corrected chi connectivity index (χ0v) is 18.5. The topological polar surface area (TPSA) is 55.8 Å². The van der Waals surface area contributed by atoms with Gasteiger partial charge in [0.25, 0.3) is 0 Å². The van der Waals surface area contributed by atoms with Gasteiger partial charge in [-0.3, -0.25) is 0 Å². The van der Waals surface area contributed by atoms with Gasteiger partial charge in [0.15, 0.2) is 6.61 Å². The van der Waals surface area contributed by atoms with Gasteiger partial charge in [0.1, 0.15) is 11.5 Å². The smallest absolute Gasteiger partial charge is 0.341 e. The quantitative estimate of drug-likeness (QED) is 0.392. The first-order valence-electron chi connectivity index (χ1n) is 10.1. The second kappa shape index (κ2) is 11.3. The third-order valence-electron chi connectivity index (χ3n) is 4.58. The van der Waals surface area contributed by atoms with Crippen LogP contribution >= 0.6 is 11.8 Å². The summed E-state index contributed by atoms with van der Waals surface area (Å²) in [7, 11) is 0. The van der Waals surface area contributed by atoms with Gasteiger partial charge in [-0.15, -0.1) is 11.8 Å². The van der Waals surface area contributed by atoms with E-state index in [1.807, 2.05) is 62.4 Å². The van der Waals surface area contributed by atoms with Crippen molar-refractivity contribution >= 4 is 23.3 Å². The van der Waals surface area contributed by atoms with Crippen LogP contribution in [0.15, 0.2) is 83.8 Å². The molecule has 3 aromatic rings. The van der Waals surface area contributed by atoms with Gasteiger partial charge in [0, 0.05) is 10.6 Å². The van der Waals surface area contributed by atoms with Gasteiger partial charge >= 0.3 is 5.97 Å². The van der Waals surface area contributed by atoms with Crippen molar-refractivity contribution in [1.29, 1.82) is 0 Å². The molecule has 3 aromatic carbocycles. The Balaban J connectivity index is 1.79. The van der Waals surface area contributed by atoms with E-state index in [-0.39, 0.29) is 6.61 Å². The molecule has 0 aromatic heterocycles. The summed E-state index contributed by atoms with van der Waals surface area (Å²) in [5.74, 6) is 1.24. The first-order chi connectivity index (χ1) is 15.1. The van der Waals surface area contributed by atoms with Crippen LogP contribution in [0, 0.1) is 6.92 Å². The molecular formula is C26H26O4S. The van der Waals surface area contributed by atoms with Crippen molar-refractivity contribution in [2.24, 2.45) is 0 Å². The van der Waals surface area contributed by atoms with Crippen LogP contribution in [0.3, 0.4) is 0 Å². The highest BCUT2D eigenvalue weighted by Gasteiger charge is 2.08. The minimum absolute atomic E-state index is 0.337. The first kappa shape index (κ1) is 22.5. The molecule has 0 amide bonds. The van der Waals surface area contributed by atoms with Crippen molar-refractivity contribution in [1.82, 2.24) is 0 Å². The van der Waals surface area contributed by atoms with Crippen molar-refractivity contribution in [2.75, 3.05) is 19.0 Å². The number of benzene rings is 3. The maximum absolute atomic E-state index is 10.7. The van der Waals surface area contributed by atoms with E-state index in [2.05, 4.69) is 30.3 Å². The van der Waals surface area contributed by atoms with Gasteiger partial charge in [0.05, 0.1) is 6.61 Å². The van der Waals surface area contributed by atoms with E-state index in [9.17, 15) is 4.79 Å². The van der Waals surface area contributed by atoms with E-state index in [0.717, 1.165) is 38.7 Å². The zero-order chi connectivity index (χ0) is 22.1. The van der Waals surface area contributed by atoms with Gasteiger partial charge in [-0.25, -0.2) is 4.79 Å². The van der Waals surface area contributed by atoms with Crippen LogP contribution in [0.2, 0.25) is 0 Å². The summed E-state index contributed by atoms with van der Waals surface area (Å²) in [6.07, 6.45) is 2.24. The number of hydrogen-bond acceptors (Lipinski definition) is 4. The molecule has 0 heterocycles. The number of aryl methyl sites for hydroxylation is 1. The Morgan fingerprint density at radius 2 is 1.68 bits per heavy atom. The van der Waals surface area contributed by atoms with Crippen LogP contribution in [0.4, 0.5) is 0 Å². The average Bonchev–Trinajstić information content (AvgIpc) is 2.77. The van der Waals surface area contributed by atoms with Crippen LogP contribution in [0.25, 0.3) is 5.57 Å². The molecule has 5 heteroatoms. The van der Waals surface area contributed by atoms with E-state index in [4.69, 9.17) is 14.6 Å². The van der Waals surface area contributed by atoms with Crippen molar-refractivity contribution < 1.29 is 19.4 Å². The fraction of sp³-hybridized carbons (Fsp3) is 0.192. The van der Waals surface area contributed by atoms with Crippen molar-refractivity contribution in [3.8, 4) is 11.5 Å². The second-order valence-corrected chi connectivity index (χ2v) is 7.93. The second-order valence-electron chi connectivity index (χ2n) is 6.87. The molecule has 0 aliphatic heterocycles. The summed E-state index contributed by atoms with van der Waals surface area (Å²) < 4.78 is 10.9. The summed E-state index contributed by atoms with van der Waals surface area (Å²) >= 11 is 1.73. The molecule has 0 fully saturated rings. The molecule has 1 N–H and O–H groups in total. The van der Waals surface area contributed by atoms with Crippen LogP contribution in [0.1, 0.15) is 23.6 Å². The lowest BCUT2D eigenvalue weighted by molar-refractivity contribution is -0.139. The maximum atomic E-state index is 10.7. The molecule has 0 unspecified atom stereocenters. The number of ether oxygens (including phenoxy) is 2. The Morgan fingerprint density at radius 3 is 2.39 bits per heavy atom. The number of carboxylic acid groups (broad SMARTS) is 1. The summed E-state index contributed by atoms with van der Waals surface area (Å²) in [5.41, 5.74) is 4.49. The summed E-state index contributed by atoms with van der Waals surface area (Å²) in [4.78, 5) is 11.8. The van der Waals surface area contributed by atoms with Crippen molar-refractivity contribution in [3.05, 3.63) is 95.6 Å². The van der Waals surface area contributed by atoms with E-state index in [1.165, 1.54) is 0 Å². The molecule has 0 aliphatic rings. The average molecular weight is 435 g/mol. The fourth-order valence-electron chi connectivity index (χ4n) is 3.17. The summed E-state index contributed by atoms with van der Waals surface area (Å²) in [5, 5.41) is 8.76. The molecule has 0 radical (unpaired) electrons. The molecule has 0 atom stereocenters. The highest BCUT2D eigenvalue weighted by atomic mass is 32.2. The predicted molar refractivity (Wildman–Crippen MR) is 126 cm³/mol. The number of carboxylic acids is 1. The SMILES string of the molecule is CCOc1cccc(C(=CCSc2ccc(OCC(=O)O)cc2C)c2ccccc2)c1. The Kier molecular flexibility index (Phi) is 8.19. The number of aliphatic carboxylic acids is 1. The minimum atomic E-state index is -0.983. The normalized spacial score (nSPS) is 11.2. The Labute approximate surface area is 187 Å². The molecule has 160 valence electrons. The zero-order valence-electron chi connectivity index (χ0n) is 17.7.